The number of rotatable bonds is 2. The number of fused-ring (bicyclic) bond motifs is 1. The maximum Gasteiger partial charge on any atom is 0.267 e. The van der Waals surface area contributed by atoms with Gasteiger partial charge in [0.2, 0.25) is 5.95 Å². The fraction of sp³-hybridized carbons (Fsp3) is 0.500. The lowest BCUT2D eigenvalue weighted by molar-refractivity contribution is 0.341. The van der Waals surface area contributed by atoms with Crippen molar-refractivity contribution in [3.8, 4) is 0 Å². The van der Waals surface area contributed by atoms with Gasteiger partial charge in [0.1, 0.15) is 5.52 Å². The Bertz CT molecular complexity index is 1020. The minimum atomic E-state index is -0.0732. The molecule has 3 aromatic rings. The molecular weight excluding hydrogens is 340 g/mol. The lowest BCUT2D eigenvalue weighted by Crippen LogP contribution is -2.40. The molecule has 0 amide bonds. The van der Waals surface area contributed by atoms with Crippen LogP contribution in [0.15, 0.2) is 35.3 Å². The van der Waals surface area contributed by atoms with Crippen molar-refractivity contribution in [2.24, 2.45) is 7.05 Å². The number of aromatic nitrogens is 5. The minimum Gasteiger partial charge on any atom is -0.342 e. The van der Waals surface area contributed by atoms with Crippen LogP contribution in [0.4, 0.5) is 5.95 Å². The van der Waals surface area contributed by atoms with Crippen molar-refractivity contribution >= 4 is 17.1 Å². The topological polar surface area (TPSA) is 68.8 Å². The molecule has 0 aromatic carbocycles. The fourth-order valence-corrected chi connectivity index (χ4v) is 3.69. The SMILES string of the molecule is Cn1c(N2CCC(n3nc(C(C)(C)C)ccc3=O)CC2)nc2cccnc21. The van der Waals surface area contributed by atoms with Crippen molar-refractivity contribution in [2.75, 3.05) is 18.0 Å². The predicted octanol–water partition coefficient (Wildman–Crippen LogP) is 2.66. The summed E-state index contributed by atoms with van der Waals surface area (Å²) in [4.78, 5) is 23.8. The van der Waals surface area contributed by atoms with Crippen molar-refractivity contribution in [2.45, 2.75) is 45.1 Å². The van der Waals surface area contributed by atoms with Crippen molar-refractivity contribution in [3.05, 3.63) is 46.5 Å². The number of hydrogen-bond acceptors (Lipinski definition) is 5. The first-order chi connectivity index (χ1) is 12.8. The molecule has 0 atom stereocenters. The number of pyridine rings is 1. The zero-order chi connectivity index (χ0) is 19.2. The fourth-order valence-electron chi connectivity index (χ4n) is 3.69. The van der Waals surface area contributed by atoms with E-state index in [2.05, 4.69) is 35.8 Å². The minimum absolute atomic E-state index is 0.0200. The van der Waals surface area contributed by atoms with Crippen LogP contribution in [-0.2, 0) is 12.5 Å². The summed E-state index contributed by atoms with van der Waals surface area (Å²) in [6.07, 6.45) is 3.54. The van der Waals surface area contributed by atoms with Crippen LogP contribution in [-0.4, -0.2) is 37.4 Å². The average molecular weight is 366 g/mol. The van der Waals surface area contributed by atoms with Gasteiger partial charge in [0.05, 0.1) is 11.7 Å². The quantitative estimate of drug-likeness (QED) is 0.697. The maximum atomic E-state index is 12.4. The summed E-state index contributed by atoms with van der Waals surface area (Å²) in [6, 6.07) is 7.52. The molecule has 142 valence electrons. The second-order valence-electron chi connectivity index (χ2n) is 8.29. The van der Waals surface area contributed by atoms with Crippen molar-refractivity contribution < 1.29 is 0 Å². The van der Waals surface area contributed by atoms with E-state index in [0.29, 0.717) is 0 Å². The predicted molar refractivity (Wildman–Crippen MR) is 106 cm³/mol. The van der Waals surface area contributed by atoms with Gasteiger partial charge in [-0.05, 0) is 31.0 Å². The van der Waals surface area contributed by atoms with Crippen LogP contribution < -0.4 is 10.5 Å². The summed E-state index contributed by atoms with van der Waals surface area (Å²) in [7, 11) is 2.00. The maximum absolute atomic E-state index is 12.4. The summed E-state index contributed by atoms with van der Waals surface area (Å²) in [5.41, 5.74) is 2.66. The van der Waals surface area contributed by atoms with E-state index >= 15 is 0 Å². The summed E-state index contributed by atoms with van der Waals surface area (Å²) in [6.45, 7) is 8.04. The van der Waals surface area contributed by atoms with Gasteiger partial charge in [-0.25, -0.2) is 14.6 Å². The van der Waals surface area contributed by atoms with E-state index in [1.165, 1.54) is 0 Å². The molecule has 0 unspecified atom stereocenters. The third-order valence-electron chi connectivity index (χ3n) is 5.29. The molecule has 1 fully saturated rings. The van der Waals surface area contributed by atoms with Gasteiger partial charge in [-0.2, -0.15) is 5.10 Å². The highest BCUT2D eigenvalue weighted by Crippen LogP contribution is 2.27. The third kappa shape index (κ3) is 3.22. The Morgan fingerprint density at radius 2 is 1.85 bits per heavy atom. The van der Waals surface area contributed by atoms with Gasteiger partial charge >= 0.3 is 0 Å². The second kappa shape index (κ2) is 6.48. The van der Waals surface area contributed by atoms with Crippen LogP contribution in [0.2, 0.25) is 0 Å². The van der Waals surface area contributed by atoms with Gasteiger partial charge in [0.15, 0.2) is 5.65 Å². The number of aryl methyl sites for hydroxylation is 1. The van der Waals surface area contributed by atoms with Crippen LogP contribution in [0.5, 0.6) is 0 Å². The van der Waals surface area contributed by atoms with Crippen LogP contribution in [0, 0.1) is 0 Å². The first-order valence-electron chi connectivity index (χ1n) is 9.47. The van der Waals surface area contributed by atoms with Gasteiger partial charge in [-0.15, -0.1) is 0 Å². The van der Waals surface area contributed by atoms with Crippen LogP contribution in [0.25, 0.3) is 11.2 Å². The van der Waals surface area contributed by atoms with Crippen LogP contribution in [0.1, 0.15) is 45.3 Å². The molecule has 0 saturated carbocycles. The van der Waals surface area contributed by atoms with Gasteiger partial charge in [-0.1, -0.05) is 20.8 Å². The number of hydrogen-bond donors (Lipinski definition) is 0. The zero-order valence-corrected chi connectivity index (χ0v) is 16.4. The first-order valence-corrected chi connectivity index (χ1v) is 9.47. The smallest absolute Gasteiger partial charge is 0.267 e. The Balaban J connectivity index is 1.55. The van der Waals surface area contributed by atoms with E-state index in [0.717, 1.165) is 48.7 Å². The van der Waals surface area contributed by atoms with Gasteiger partial charge in [0, 0.05) is 37.8 Å². The molecule has 27 heavy (non-hydrogen) atoms. The summed E-state index contributed by atoms with van der Waals surface area (Å²) >= 11 is 0. The Hall–Kier alpha value is -2.70. The molecule has 0 spiro atoms. The summed E-state index contributed by atoms with van der Waals surface area (Å²) < 4.78 is 3.73. The Labute approximate surface area is 158 Å². The van der Waals surface area contributed by atoms with Gasteiger partial charge in [-0.3, -0.25) is 9.36 Å². The van der Waals surface area contributed by atoms with E-state index in [-0.39, 0.29) is 17.0 Å². The highest BCUT2D eigenvalue weighted by Gasteiger charge is 2.26. The van der Waals surface area contributed by atoms with E-state index < -0.39 is 0 Å². The highest BCUT2D eigenvalue weighted by atomic mass is 16.1. The lowest BCUT2D eigenvalue weighted by Gasteiger charge is -2.33. The number of imidazole rings is 1. The molecule has 0 aliphatic carbocycles. The molecule has 0 radical (unpaired) electrons. The molecule has 3 aromatic heterocycles. The van der Waals surface area contributed by atoms with Crippen LogP contribution in [0.3, 0.4) is 0 Å². The zero-order valence-electron chi connectivity index (χ0n) is 16.4. The van der Waals surface area contributed by atoms with Crippen molar-refractivity contribution in [1.29, 1.82) is 0 Å². The van der Waals surface area contributed by atoms with Gasteiger partial charge in [0.25, 0.3) is 5.56 Å². The number of anilines is 1. The second-order valence-corrected chi connectivity index (χ2v) is 8.29. The van der Waals surface area contributed by atoms with Crippen LogP contribution >= 0.6 is 0 Å². The third-order valence-corrected chi connectivity index (χ3v) is 5.29. The lowest BCUT2D eigenvalue weighted by atomic mass is 9.92. The molecule has 4 heterocycles. The molecule has 1 aliphatic heterocycles. The summed E-state index contributed by atoms with van der Waals surface area (Å²) in [5, 5.41) is 4.67. The monoisotopic (exact) mass is 366 g/mol. The van der Waals surface area contributed by atoms with E-state index in [1.54, 1.807) is 16.9 Å². The van der Waals surface area contributed by atoms with Crippen molar-refractivity contribution in [1.82, 2.24) is 24.3 Å². The molecular formula is C20H26N6O. The van der Waals surface area contributed by atoms with Crippen molar-refractivity contribution in [3.63, 3.8) is 0 Å². The molecule has 0 bridgehead atoms. The molecule has 7 nitrogen and oxygen atoms in total. The summed E-state index contributed by atoms with van der Waals surface area (Å²) in [5.74, 6) is 0.936. The van der Waals surface area contributed by atoms with E-state index in [9.17, 15) is 4.79 Å². The first kappa shape index (κ1) is 17.7. The van der Waals surface area contributed by atoms with Gasteiger partial charge < -0.3 is 4.90 Å². The molecule has 7 heteroatoms. The van der Waals surface area contributed by atoms with E-state index in [4.69, 9.17) is 4.98 Å². The Morgan fingerprint density at radius 1 is 1.11 bits per heavy atom. The molecule has 4 rings (SSSR count). The highest BCUT2D eigenvalue weighted by molar-refractivity contribution is 5.74. The average Bonchev–Trinajstić information content (AvgIpc) is 2.98. The standard InChI is InChI=1S/C20H26N6O/c1-20(2,3)16-7-8-17(27)26(23-16)14-9-12-25(13-10-14)19-22-15-6-5-11-21-18(15)24(19)4/h5-8,11,14H,9-10,12-13H2,1-4H3. The van der Waals surface area contributed by atoms with E-state index in [1.807, 2.05) is 29.8 Å². The Morgan fingerprint density at radius 3 is 2.52 bits per heavy atom. The largest absolute Gasteiger partial charge is 0.342 e. The number of piperidine rings is 1. The molecule has 1 saturated heterocycles. The molecule has 1 aliphatic rings. The molecule has 0 N–H and O–H groups in total. The Kier molecular flexibility index (Phi) is 4.25. The normalized spacial score (nSPS) is 16.2. The number of nitrogens with zero attached hydrogens (tertiary/aromatic N) is 6.